The molecular weight excluding hydrogens is 1690 g/mol. The number of nitrogens with one attached hydrogen (secondary N) is 11. The van der Waals surface area contributed by atoms with Gasteiger partial charge in [-0.2, -0.15) is 11.8 Å². The number of nitrogens with zero attached hydrogens (tertiary/aromatic N) is 5. The first-order chi connectivity index (χ1) is 61.0. The van der Waals surface area contributed by atoms with E-state index in [-0.39, 0.29) is 113 Å². The Morgan fingerprint density at radius 1 is 0.570 bits per heavy atom. The van der Waals surface area contributed by atoms with Gasteiger partial charge in [-0.15, -0.1) is 11.3 Å². The third kappa shape index (κ3) is 28.1. The Bertz CT molecular complexity index is 4730. The number of para-hydroxylation sites is 1. The van der Waals surface area contributed by atoms with Crippen LogP contribution >= 0.6 is 23.1 Å². The van der Waals surface area contributed by atoms with Crippen LogP contribution in [0.4, 0.5) is 0 Å². The number of hydrogen-bond acceptors (Lipinski definition) is 24. The highest BCUT2D eigenvalue weighted by Crippen LogP contribution is 2.30. The standard InChI is InChI=1S/C87H126N20O19S2/c1-9-11-23-67-80(119)95-58(22-17-31-88)76(115)102-66(75(114)94-43-73(91)112)47-127-34-32-92-60(36-50-27-29-53(109)30-28-50)83(122)103(6)49(5)74(113)97-63(40-72(90)111)85(124)106-33-18-25-68(106)81(120)100-64(41-89)78(117)98-61(35-48(3)4)86(125)107-44-54(110)39-70(107)82(121)96-59(37-51-42-93-57-21-15-13-19-55(51)57)77(116)101-65(45-108)79(118)99-62(38-52-46-128-71-26-16-14-20-56(52)71)84(123)105(8)69(24-12-10-2)87(126)104(67)7/h13-16,19-21,26-30,42,46,48-49,54,58-70,92-93,108-110H,9-12,17-18,22-25,31-41,43-45,47,88-89H2,1-8H3,(H2,90,111)(H2,91,112)(H,94,114)(H,95,119)(H,96,121)(H,97,113)(H,98,117)(H,99,118)(H,100,120)(H,101,116)(H,102,115)/t49-,54+,58-,59-,60-,61-,62-,63-,64-,65-,66-,67-,68-,69-,70-/m0/s1. The number of phenolic OH excluding ortho intramolecular Hbond substituents is 1. The summed E-state index contributed by atoms with van der Waals surface area (Å²) in [4.78, 5) is 242. The van der Waals surface area contributed by atoms with Gasteiger partial charge in [0, 0.05) is 99.9 Å². The second-order valence-corrected chi connectivity index (χ2v) is 35.3. The van der Waals surface area contributed by atoms with Crippen LogP contribution < -0.4 is 76.1 Å². The fourth-order valence-electron chi connectivity index (χ4n) is 15.9. The van der Waals surface area contributed by atoms with Crippen molar-refractivity contribution in [1.29, 1.82) is 0 Å². The minimum atomic E-state index is -1.85. The highest BCUT2D eigenvalue weighted by Gasteiger charge is 2.46. The highest BCUT2D eigenvalue weighted by atomic mass is 32.2. The first-order valence-corrected chi connectivity index (χ1v) is 45.5. The molecule has 0 spiro atoms. The molecule has 22 N–H and O–H groups in total. The van der Waals surface area contributed by atoms with Gasteiger partial charge in [0.15, 0.2) is 0 Å². The second-order valence-electron chi connectivity index (χ2n) is 33.2. The van der Waals surface area contributed by atoms with Gasteiger partial charge in [-0.25, -0.2) is 0 Å². The number of aromatic nitrogens is 1. The lowest BCUT2D eigenvalue weighted by Gasteiger charge is -2.36. The predicted octanol–water partition coefficient (Wildman–Crippen LogP) is -2.25. The number of likely N-dealkylation sites (N-methyl/N-ethyl adjacent to an activating group) is 3. The zero-order chi connectivity index (χ0) is 93.8. The number of aromatic hydroxyl groups is 1. The zero-order valence-corrected chi connectivity index (χ0v) is 75.4. The van der Waals surface area contributed by atoms with Gasteiger partial charge in [-0.05, 0) is 122 Å². The van der Waals surface area contributed by atoms with Crippen molar-refractivity contribution in [2.75, 3.05) is 78.5 Å². The van der Waals surface area contributed by atoms with Gasteiger partial charge < -0.3 is 121 Å². The van der Waals surface area contributed by atoms with Gasteiger partial charge in [-0.1, -0.05) is 102 Å². The minimum Gasteiger partial charge on any atom is -0.508 e. The number of primary amides is 2. The number of carbonyl (C=O) groups excluding carboxylic acids is 16. The number of benzene rings is 3. The van der Waals surface area contributed by atoms with Crippen molar-refractivity contribution in [1.82, 2.24) is 82.7 Å². The van der Waals surface area contributed by atoms with E-state index in [1.165, 1.54) is 61.3 Å². The number of aromatic amines is 1. The zero-order valence-electron chi connectivity index (χ0n) is 73.7. The van der Waals surface area contributed by atoms with Crippen molar-refractivity contribution in [3.8, 4) is 5.75 Å². The van der Waals surface area contributed by atoms with Gasteiger partial charge >= 0.3 is 0 Å². The molecule has 0 aliphatic carbocycles. The van der Waals surface area contributed by atoms with Gasteiger partial charge in [-0.3, -0.25) is 76.7 Å². The molecule has 700 valence electrons. The Morgan fingerprint density at radius 2 is 1.15 bits per heavy atom. The Balaban J connectivity index is 1.17. The monoisotopic (exact) mass is 1820 g/mol. The van der Waals surface area contributed by atoms with Crippen molar-refractivity contribution in [2.24, 2.45) is 28.9 Å². The maximum absolute atomic E-state index is 15.7. The van der Waals surface area contributed by atoms with Gasteiger partial charge in [0.1, 0.15) is 84.3 Å². The van der Waals surface area contributed by atoms with Crippen LogP contribution in [0.2, 0.25) is 0 Å². The van der Waals surface area contributed by atoms with E-state index in [1.807, 2.05) is 32.0 Å². The topological polar surface area (TPSA) is 590 Å². The van der Waals surface area contributed by atoms with Gasteiger partial charge in [0.05, 0.1) is 31.7 Å². The number of amides is 16. The number of aliphatic hydroxyl groups is 2. The van der Waals surface area contributed by atoms with Crippen LogP contribution in [0, 0.1) is 5.92 Å². The van der Waals surface area contributed by atoms with Crippen molar-refractivity contribution in [3.63, 3.8) is 0 Å². The number of hydrogen-bond donors (Lipinski definition) is 18. The minimum absolute atomic E-state index is 0.0176. The fourth-order valence-corrected chi connectivity index (χ4v) is 17.8. The van der Waals surface area contributed by atoms with E-state index in [4.69, 9.17) is 22.9 Å². The summed E-state index contributed by atoms with van der Waals surface area (Å²) in [6.07, 6.45) is 0.790. The number of carbonyl (C=O) groups is 16. The number of H-pyrrole nitrogens is 1. The summed E-state index contributed by atoms with van der Waals surface area (Å²) in [6, 6.07) is -0.228. The lowest BCUT2D eigenvalue weighted by Crippen LogP contribution is -2.62. The Labute approximate surface area is 751 Å². The molecule has 128 heavy (non-hydrogen) atoms. The molecule has 0 radical (unpaired) electrons. The fraction of sp³-hybridized carbons (Fsp3) is 0.563. The van der Waals surface area contributed by atoms with Crippen molar-refractivity contribution < 1.29 is 92.0 Å². The summed E-state index contributed by atoms with van der Waals surface area (Å²) in [5, 5.41) is 63.0. The van der Waals surface area contributed by atoms with Gasteiger partial charge in [0.2, 0.25) is 94.5 Å². The SMILES string of the molecule is CCCC[C@H]1C(=O)N(C)[C@@H](CCCC)C(=O)N[C@@H](CCCN)C(=O)N[C@H](C(=O)NCC(N)=O)CSCCN[C@@H](Cc2ccc(O)cc2)C(=O)N(C)[C@@H](C)C(=O)N[C@@H](CC(N)=O)C(=O)N2CCC[C@H]2C(=O)N[C@@H](CN)C(=O)N[C@@H](CC(C)C)C(=O)N2C[C@H](O)C[C@H]2C(=O)N[C@@H](Cc2c[nH]c3ccccc23)C(=O)N[C@@H](CO)C(=O)N[C@@H](Cc2csc3ccccc23)C(=O)N1C. The highest BCUT2D eigenvalue weighted by molar-refractivity contribution is 7.99. The van der Waals surface area contributed by atoms with Crippen LogP contribution in [0.3, 0.4) is 0 Å². The molecule has 0 saturated carbocycles. The van der Waals surface area contributed by atoms with Crippen LogP contribution in [-0.4, -0.2) is 309 Å². The first-order valence-electron chi connectivity index (χ1n) is 43.5. The number of rotatable bonds is 24. The molecule has 3 aliphatic heterocycles. The lowest BCUT2D eigenvalue weighted by molar-refractivity contribution is -0.149. The molecule has 0 bridgehead atoms. The van der Waals surface area contributed by atoms with E-state index >= 15 is 33.6 Å². The summed E-state index contributed by atoms with van der Waals surface area (Å²) in [5.74, 6) is -14.7. The van der Waals surface area contributed by atoms with Crippen LogP contribution in [0.5, 0.6) is 5.75 Å². The van der Waals surface area contributed by atoms with Crippen LogP contribution in [-0.2, 0) is 96.0 Å². The molecule has 3 saturated heterocycles. The predicted molar refractivity (Wildman–Crippen MR) is 479 cm³/mol. The largest absolute Gasteiger partial charge is 0.508 e. The third-order valence-corrected chi connectivity index (χ3v) is 25.3. The first kappa shape index (κ1) is 102. The number of aliphatic hydroxyl groups excluding tert-OH is 2. The van der Waals surface area contributed by atoms with Crippen molar-refractivity contribution in [3.05, 3.63) is 101 Å². The number of nitrogens with two attached hydrogens (primary N) is 4. The smallest absolute Gasteiger partial charge is 0.246 e. The number of fused-ring (bicyclic) bond motifs is 4. The molecule has 3 fully saturated rings. The molecule has 3 aliphatic rings. The molecule has 2 aromatic heterocycles. The molecular formula is C87H126N20O19S2. The van der Waals surface area contributed by atoms with E-state index in [0.29, 0.717) is 53.3 Å². The molecule has 0 unspecified atom stereocenters. The maximum Gasteiger partial charge on any atom is 0.246 e. The van der Waals surface area contributed by atoms with E-state index in [1.54, 1.807) is 67.9 Å². The molecule has 16 amide bonds. The normalized spacial score (nSPS) is 25.6. The molecule has 15 atom stereocenters. The molecule has 8 rings (SSSR count). The van der Waals surface area contributed by atoms with E-state index in [2.05, 4.69) is 58.2 Å². The van der Waals surface area contributed by atoms with E-state index in [9.17, 15) is 58.5 Å². The maximum atomic E-state index is 15.7. The number of unbranched alkanes of at least 4 members (excludes halogenated alkanes) is 2. The molecule has 39 nitrogen and oxygen atoms in total. The number of thioether (sulfide) groups is 1. The van der Waals surface area contributed by atoms with Crippen LogP contribution in [0.25, 0.3) is 21.0 Å². The van der Waals surface area contributed by atoms with Crippen molar-refractivity contribution >= 4 is 139 Å². The lowest BCUT2D eigenvalue weighted by atomic mass is 10.00. The Kier molecular flexibility index (Phi) is 39.3. The summed E-state index contributed by atoms with van der Waals surface area (Å²) < 4.78 is 0.832. The van der Waals surface area contributed by atoms with Gasteiger partial charge in [0.25, 0.3) is 0 Å². The van der Waals surface area contributed by atoms with Crippen LogP contribution in [0.15, 0.2) is 84.4 Å². The average molecular weight is 1820 g/mol. The molecule has 41 heteroatoms. The molecule has 3 aromatic carbocycles. The number of thiophene rings is 1. The number of phenols is 1. The average Bonchev–Trinajstić information content (AvgIpc) is 1.77. The summed E-state index contributed by atoms with van der Waals surface area (Å²) >= 11 is 2.49. The van der Waals surface area contributed by atoms with E-state index in [0.717, 1.165) is 36.5 Å². The van der Waals surface area contributed by atoms with Crippen molar-refractivity contribution in [2.45, 2.75) is 228 Å². The quantitative estimate of drug-likeness (QED) is 0.0310. The Hall–Kier alpha value is -11.4. The third-order valence-electron chi connectivity index (χ3n) is 23.2. The Morgan fingerprint density at radius 3 is 1.81 bits per heavy atom. The summed E-state index contributed by atoms with van der Waals surface area (Å²) in [5.41, 5.74) is 25.6. The molecule has 5 heterocycles. The van der Waals surface area contributed by atoms with Crippen LogP contribution in [0.1, 0.15) is 135 Å². The summed E-state index contributed by atoms with van der Waals surface area (Å²) in [6.45, 7) is 5.86. The van der Waals surface area contributed by atoms with E-state index < -0.39 is 218 Å². The summed E-state index contributed by atoms with van der Waals surface area (Å²) in [7, 11) is 4.09. The second kappa shape index (κ2) is 49.3. The molecule has 5 aromatic rings.